The molecule has 0 saturated carbocycles. The lowest BCUT2D eigenvalue weighted by molar-refractivity contribution is 0.179. The molecule has 1 aliphatic rings. The van der Waals surface area contributed by atoms with Crippen LogP contribution in [0.15, 0.2) is 6.07 Å². The standard InChI is InChI=1S/C9H13Cl2N5/c1-15-2-4-16(5-3-15)14-7-6-8(10)12-13-9(7)11/h6H,2-5H2,1H3,(H,12,14). The molecule has 2 rings (SSSR count). The summed E-state index contributed by atoms with van der Waals surface area (Å²) >= 11 is 11.7. The van der Waals surface area contributed by atoms with Crippen molar-refractivity contribution >= 4 is 28.9 Å². The van der Waals surface area contributed by atoms with Gasteiger partial charge in [-0.15, -0.1) is 10.2 Å². The van der Waals surface area contributed by atoms with Crippen LogP contribution in [-0.4, -0.2) is 53.3 Å². The van der Waals surface area contributed by atoms with Gasteiger partial charge in [0.25, 0.3) is 0 Å². The van der Waals surface area contributed by atoms with Crippen LogP contribution in [-0.2, 0) is 0 Å². The zero-order chi connectivity index (χ0) is 11.5. The Kier molecular flexibility index (Phi) is 3.81. The fourth-order valence-electron chi connectivity index (χ4n) is 1.52. The molecule has 0 aromatic carbocycles. The summed E-state index contributed by atoms with van der Waals surface area (Å²) in [6, 6.07) is 1.68. The van der Waals surface area contributed by atoms with E-state index in [1.807, 2.05) is 0 Å². The Morgan fingerprint density at radius 3 is 2.56 bits per heavy atom. The normalized spacial score (nSPS) is 18.7. The van der Waals surface area contributed by atoms with Gasteiger partial charge in [-0.25, -0.2) is 5.01 Å². The fourth-order valence-corrected chi connectivity index (χ4v) is 1.80. The summed E-state index contributed by atoms with van der Waals surface area (Å²) in [6.45, 7) is 3.92. The molecule has 0 unspecified atom stereocenters. The smallest absolute Gasteiger partial charge is 0.176 e. The van der Waals surface area contributed by atoms with Crippen LogP contribution in [0.5, 0.6) is 0 Å². The van der Waals surface area contributed by atoms with Crippen molar-refractivity contribution in [2.24, 2.45) is 0 Å². The third kappa shape index (κ3) is 2.95. The van der Waals surface area contributed by atoms with Crippen LogP contribution in [0.2, 0.25) is 10.3 Å². The van der Waals surface area contributed by atoms with E-state index in [2.05, 4.69) is 32.6 Å². The summed E-state index contributed by atoms with van der Waals surface area (Å²) < 4.78 is 0. The molecule has 1 fully saturated rings. The molecule has 2 heterocycles. The van der Waals surface area contributed by atoms with Crippen molar-refractivity contribution in [2.45, 2.75) is 0 Å². The number of hydrogen-bond acceptors (Lipinski definition) is 5. The van der Waals surface area contributed by atoms with E-state index in [1.165, 1.54) is 0 Å². The molecule has 5 nitrogen and oxygen atoms in total. The molecule has 0 radical (unpaired) electrons. The number of anilines is 1. The zero-order valence-corrected chi connectivity index (χ0v) is 10.5. The highest BCUT2D eigenvalue weighted by Gasteiger charge is 2.15. The molecule has 1 aromatic rings. The van der Waals surface area contributed by atoms with E-state index in [9.17, 15) is 0 Å². The van der Waals surface area contributed by atoms with Crippen LogP contribution in [0.25, 0.3) is 0 Å². The van der Waals surface area contributed by atoms with Crippen molar-refractivity contribution in [3.05, 3.63) is 16.4 Å². The van der Waals surface area contributed by atoms with Crippen LogP contribution in [0.4, 0.5) is 5.69 Å². The fraction of sp³-hybridized carbons (Fsp3) is 0.556. The predicted molar refractivity (Wildman–Crippen MR) is 64.7 cm³/mol. The van der Waals surface area contributed by atoms with Crippen molar-refractivity contribution < 1.29 is 0 Å². The number of nitrogens with one attached hydrogen (secondary N) is 1. The molecular formula is C9H13Cl2N5. The van der Waals surface area contributed by atoms with E-state index in [4.69, 9.17) is 23.2 Å². The van der Waals surface area contributed by atoms with Gasteiger partial charge >= 0.3 is 0 Å². The Morgan fingerprint density at radius 2 is 1.88 bits per heavy atom. The van der Waals surface area contributed by atoms with E-state index < -0.39 is 0 Å². The van der Waals surface area contributed by atoms with Crippen LogP contribution < -0.4 is 5.43 Å². The lowest BCUT2D eigenvalue weighted by Gasteiger charge is -2.33. The van der Waals surface area contributed by atoms with E-state index >= 15 is 0 Å². The van der Waals surface area contributed by atoms with Crippen LogP contribution in [0, 0.1) is 0 Å². The maximum Gasteiger partial charge on any atom is 0.176 e. The summed E-state index contributed by atoms with van der Waals surface area (Å²) in [5.74, 6) is 0. The van der Waals surface area contributed by atoms with Crippen LogP contribution >= 0.6 is 23.2 Å². The molecule has 88 valence electrons. The number of hydrogen-bond donors (Lipinski definition) is 1. The number of piperazine rings is 1. The molecule has 0 atom stereocenters. The van der Waals surface area contributed by atoms with Gasteiger partial charge in [0.05, 0.1) is 5.69 Å². The summed E-state index contributed by atoms with van der Waals surface area (Å²) in [5, 5.41) is 10.2. The summed E-state index contributed by atoms with van der Waals surface area (Å²) in [4.78, 5) is 2.28. The number of hydrazine groups is 1. The summed E-state index contributed by atoms with van der Waals surface area (Å²) in [5.41, 5.74) is 3.90. The molecule has 16 heavy (non-hydrogen) atoms. The first-order valence-electron chi connectivity index (χ1n) is 5.04. The number of nitrogens with zero attached hydrogens (tertiary/aromatic N) is 4. The molecule has 1 aliphatic heterocycles. The summed E-state index contributed by atoms with van der Waals surface area (Å²) in [6.07, 6.45) is 0. The number of aromatic nitrogens is 2. The minimum Gasteiger partial charge on any atom is -0.316 e. The minimum absolute atomic E-state index is 0.334. The van der Waals surface area contributed by atoms with E-state index in [-0.39, 0.29) is 0 Å². The Morgan fingerprint density at radius 1 is 1.19 bits per heavy atom. The van der Waals surface area contributed by atoms with E-state index in [0.717, 1.165) is 26.2 Å². The summed E-state index contributed by atoms with van der Waals surface area (Å²) in [7, 11) is 2.11. The Hall–Kier alpha value is -0.620. The largest absolute Gasteiger partial charge is 0.316 e. The highest BCUT2D eigenvalue weighted by Crippen LogP contribution is 2.21. The Labute approximate surface area is 104 Å². The minimum atomic E-state index is 0.334. The number of likely N-dealkylation sites (N-methyl/N-ethyl adjacent to an activating group) is 1. The van der Waals surface area contributed by atoms with Gasteiger partial charge in [-0.1, -0.05) is 23.2 Å². The average Bonchev–Trinajstić information content (AvgIpc) is 2.27. The molecule has 1 N–H and O–H groups in total. The van der Waals surface area contributed by atoms with E-state index in [0.29, 0.717) is 16.0 Å². The Balaban J connectivity index is 2.00. The van der Waals surface area contributed by atoms with Crippen LogP contribution in [0.1, 0.15) is 0 Å². The number of halogens is 2. The van der Waals surface area contributed by atoms with Gasteiger partial charge in [0.15, 0.2) is 10.3 Å². The van der Waals surface area contributed by atoms with Crippen LogP contribution in [0.3, 0.4) is 0 Å². The van der Waals surface area contributed by atoms with Gasteiger partial charge < -0.3 is 10.3 Å². The van der Waals surface area contributed by atoms with Gasteiger partial charge in [-0.05, 0) is 7.05 Å². The molecule has 0 spiro atoms. The molecule has 1 saturated heterocycles. The maximum atomic E-state index is 5.91. The molecule has 7 heteroatoms. The van der Waals surface area contributed by atoms with Gasteiger partial charge in [0.2, 0.25) is 0 Å². The van der Waals surface area contributed by atoms with Crippen molar-refractivity contribution in [3.63, 3.8) is 0 Å². The van der Waals surface area contributed by atoms with Gasteiger partial charge in [-0.2, -0.15) is 0 Å². The number of rotatable bonds is 2. The highest BCUT2D eigenvalue weighted by atomic mass is 35.5. The topological polar surface area (TPSA) is 44.3 Å². The van der Waals surface area contributed by atoms with Crippen molar-refractivity contribution in [3.8, 4) is 0 Å². The third-order valence-electron chi connectivity index (χ3n) is 2.50. The quantitative estimate of drug-likeness (QED) is 0.871. The zero-order valence-electron chi connectivity index (χ0n) is 8.95. The SMILES string of the molecule is CN1CCN(Nc2cc(Cl)nnc2Cl)CC1. The maximum absolute atomic E-state index is 5.91. The van der Waals surface area contributed by atoms with E-state index in [1.54, 1.807) is 6.07 Å². The second-order valence-corrected chi connectivity index (χ2v) is 4.52. The Bertz CT molecular complexity index is 365. The van der Waals surface area contributed by atoms with Gasteiger partial charge in [0, 0.05) is 32.2 Å². The third-order valence-corrected chi connectivity index (χ3v) is 2.96. The second kappa shape index (κ2) is 5.14. The lowest BCUT2D eigenvalue weighted by Crippen LogP contribution is -2.47. The predicted octanol–water partition coefficient (Wildman–Crippen LogP) is 1.36. The molecule has 0 bridgehead atoms. The molecule has 1 aromatic heterocycles. The van der Waals surface area contributed by atoms with Crippen molar-refractivity contribution in [1.82, 2.24) is 20.1 Å². The van der Waals surface area contributed by atoms with Gasteiger partial charge in [-0.3, -0.25) is 0 Å². The average molecular weight is 262 g/mol. The first-order chi connectivity index (χ1) is 7.65. The first kappa shape index (κ1) is 11.9. The van der Waals surface area contributed by atoms with Gasteiger partial charge in [0.1, 0.15) is 0 Å². The molecular weight excluding hydrogens is 249 g/mol. The monoisotopic (exact) mass is 261 g/mol. The highest BCUT2D eigenvalue weighted by molar-refractivity contribution is 6.33. The second-order valence-electron chi connectivity index (χ2n) is 3.77. The van der Waals surface area contributed by atoms with Crippen molar-refractivity contribution in [2.75, 3.05) is 38.7 Å². The molecule has 0 aliphatic carbocycles. The lowest BCUT2D eigenvalue weighted by atomic mass is 10.4. The van der Waals surface area contributed by atoms with Crippen molar-refractivity contribution in [1.29, 1.82) is 0 Å². The first-order valence-corrected chi connectivity index (χ1v) is 5.79. The molecule has 0 amide bonds.